The van der Waals surface area contributed by atoms with E-state index in [1.807, 2.05) is 25.6 Å². The lowest BCUT2D eigenvalue weighted by Crippen LogP contribution is -2.51. The Morgan fingerprint density at radius 2 is 1.51 bits per heavy atom. The highest BCUT2D eigenvalue weighted by Crippen LogP contribution is 2.65. The van der Waals surface area contributed by atoms with Crippen LogP contribution in [0.4, 0.5) is 0 Å². The van der Waals surface area contributed by atoms with E-state index in [9.17, 15) is 20.4 Å². The van der Waals surface area contributed by atoms with Crippen molar-refractivity contribution in [3.05, 3.63) is 34.9 Å². The Labute approximate surface area is 258 Å². The van der Waals surface area contributed by atoms with Gasteiger partial charge in [0, 0.05) is 29.1 Å². The third-order valence-corrected chi connectivity index (χ3v) is 14.8. The molecule has 0 bridgehead atoms. The second-order valence-corrected chi connectivity index (χ2v) is 16.6. The van der Waals surface area contributed by atoms with E-state index in [0.29, 0.717) is 53.4 Å². The lowest BCUT2D eigenvalue weighted by molar-refractivity contribution is 0.00921. The van der Waals surface area contributed by atoms with Crippen LogP contribution in [0, 0.1) is 22.7 Å². The molecule has 0 aromatic rings. The summed E-state index contributed by atoms with van der Waals surface area (Å²) in [5.41, 5.74) is 3.88. The highest BCUT2D eigenvalue weighted by atomic mass is 32.2. The van der Waals surface area contributed by atoms with Crippen LogP contribution in [-0.4, -0.2) is 66.8 Å². The van der Waals surface area contributed by atoms with Crippen LogP contribution in [0.3, 0.4) is 0 Å². The van der Waals surface area contributed by atoms with Gasteiger partial charge in [0.15, 0.2) is 0 Å². The fraction of sp³-hybridized carbons (Fsp3) is 0.829. The second-order valence-electron chi connectivity index (χ2n) is 13.9. The molecule has 4 unspecified atom stereocenters. The van der Waals surface area contributed by atoms with Crippen molar-refractivity contribution in [1.82, 2.24) is 0 Å². The molecule has 4 N–H and O–H groups in total. The highest BCUT2D eigenvalue weighted by molar-refractivity contribution is 8.00. The average Bonchev–Trinajstić information content (AvgIpc) is 3.30. The fourth-order valence-corrected chi connectivity index (χ4v) is 12.2. The summed E-state index contributed by atoms with van der Waals surface area (Å²) in [5.74, 6) is 3.05. The van der Waals surface area contributed by atoms with Gasteiger partial charge in [-0.1, -0.05) is 69.6 Å². The molecular formula is C35H58O4S2. The van der Waals surface area contributed by atoms with Crippen molar-refractivity contribution >= 4 is 23.5 Å². The zero-order chi connectivity index (χ0) is 29.9. The normalized spacial score (nSPS) is 35.8. The number of allylic oxidation sites excluding steroid dienone is 6. The molecule has 0 aromatic carbocycles. The maximum Gasteiger partial charge on any atom is 0.0674 e. The first-order chi connectivity index (χ1) is 19.5. The van der Waals surface area contributed by atoms with Crippen LogP contribution in [-0.2, 0) is 0 Å². The molecule has 0 aromatic heterocycles. The number of rotatable bonds is 15. The molecule has 8 atom stereocenters. The zero-order valence-corrected chi connectivity index (χ0v) is 28.1. The maximum absolute atomic E-state index is 11.1. The molecule has 4 aliphatic carbocycles. The van der Waals surface area contributed by atoms with Crippen molar-refractivity contribution in [2.24, 2.45) is 22.7 Å². The van der Waals surface area contributed by atoms with Crippen LogP contribution in [0.2, 0.25) is 0 Å². The van der Waals surface area contributed by atoms with E-state index in [0.717, 1.165) is 37.2 Å². The van der Waals surface area contributed by atoms with E-state index in [4.69, 9.17) is 0 Å². The number of aliphatic hydroxyl groups is 4. The zero-order valence-electron chi connectivity index (χ0n) is 26.5. The fourth-order valence-electron chi connectivity index (χ4n) is 8.78. The molecule has 234 valence electrons. The molecular weight excluding hydrogens is 549 g/mol. The molecule has 2 fully saturated rings. The summed E-state index contributed by atoms with van der Waals surface area (Å²) < 4.78 is 0. The predicted molar refractivity (Wildman–Crippen MR) is 176 cm³/mol. The van der Waals surface area contributed by atoms with Crippen molar-refractivity contribution in [2.75, 3.05) is 24.7 Å². The third-order valence-electron chi connectivity index (χ3n) is 12.0. The first kappa shape index (κ1) is 33.6. The second kappa shape index (κ2) is 13.8. The summed E-state index contributed by atoms with van der Waals surface area (Å²) in [6.07, 6.45) is 18.5. The molecule has 0 saturated heterocycles. The molecule has 0 heterocycles. The Morgan fingerprint density at radius 1 is 0.878 bits per heavy atom. The number of aliphatic hydroxyl groups excluding tert-OH is 2. The summed E-state index contributed by atoms with van der Waals surface area (Å²) in [5, 5.41) is 42.0. The Balaban J connectivity index is 1.55. The van der Waals surface area contributed by atoms with Crippen molar-refractivity contribution in [1.29, 1.82) is 0 Å². The third kappa shape index (κ3) is 6.73. The van der Waals surface area contributed by atoms with Gasteiger partial charge in [-0.2, -0.15) is 23.5 Å². The predicted octanol–water partition coefficient (Wildman–Crippen LogP) is 7.46. The summed E-state index contributed by atoms with van der Waals surface area (Å²) in [6, 6.07) is 0. The summed E-state index contributed by atoms with van der Waals surface area (Å²) in [4.78, 5) is 0. The SMILES string of the molecule is CCC1=CC[C@H]2C3=CC=C4CC(SCCC(O)(CC)CCO)CC(SCCC(O)(CC)CCO)[C@]4(C)[C@H]3CC[C@]12C. The van der Waals surface area contributed by atoms with E-state index in [2.05, 4.69) is 50.8 Å². The van der Waals surface area contributed by atoms with Gasteiger partial charge in [0.2, 0.25) is 0 Å². The molecule has 0 radical (unpaired) electrons. The van der Waals surface area contributed by atoms with Gasteiger partial charge >= 0.3 is 0 Å². The lowest BCUT2D eigenvalue weighted by atomic mass is 9.50. The van der Waals surface area contributed by atoms with Gasteiger partial charge in [0.25, 0.3) is 0 Å². The van der Waals surface area contributed by atoms with Crippen LogP contribution < -0.4 is 0 Å². The van der Waals surface area contributed by atoms with Crippen molar-refractivity contribution in [2.45, 2.75) is 133 Å². The lowest BCUT2D eigenvalue weighted by Gasteiger charge is -2.57. The Kier molecular flexibility index (Phi) is 11.3. The summed E-state index contributed by atoms with van der Waals surface area (Å²) in [6.45, 7) is 11.5. The number of thioether (sulfide) groups is 2. The van der Waals surface area contributed by atoms with E-state index < -0.39 is 11.2 Å². The van der Waals surface area contributed by atoms with Gasteiger partial charge in [-0.25, -0.2) is 0 Å². The van der Waals surface area contributed by atoms with E-state index in [1.165, 1.54) is 25.7 Å². The minimum atomic E-state index is -0.780. The van der Waals surface area contributed by atoms with Gasteiger partial charge in [-0.05, 0) is 106 Å². The monoisotopic (exact) mass is 606 g/mol. The van der Waals surface area contributed by atoms with Crippen molar-refractivity contribution in [3.63, 3.8) is 0 Å². The first-order valence-electron chi connectivity index (χ1n) is 16.5. The van der Waals surface area contributed by atoms with Gasteiger partial charge in [-0.15, -0.1) is 0 Å². The molecule has 41 heavy (non-hydrogen) atoms. The first-order valence-corrected chi connectivity index (χ1v) is 18.6. The Bertz CT molecular complexity index is 993. The molecule has 6 heteroatoms. The quantitative estimate of drug-likeness (QED) is 0.145. The maximum atomic E-state index is 11.1. The van der Waals surface area contributed by atoms with Gasteiger partial charge in [-0.3, -0.25) is 0 Å². The van der Waals surface area contributed by atoms with Crippen molar-refractivity contribution in [3.8, 4) is 0 Å². The van der Waals surface area contributed by atoms with E-state index in [-0.39, 0.29) is 18.6 Å². The highest BCUT2D eigenvalue weighted by Gasteiger charge is 2.56. The van der Waals surface area contributed by atoms with Gasteiger partial charge in [0.05, 0.1) is 11.2 Å². The Morgan fingerprint density at radius 3 is 2.10 bits per heavy atom. The standard InChI is InChI=1S/C35H58O4S2/c1-6-25-10-12-29-28-11-9-26-23-27(40-21-17-34(38,7-2)15-19-36)24-31(41-22-18-35(39,8-3)16-20-37)33(26,5)30(28)13-14-32(25,29)4/h9-11,27,29-31,36-39H,6-8,12-24H2,1-5H3/t27?,29-,30-,31?,32+,33-,34?,35?/m0/s1. The van der Waals surface area contributed by atoms with Crippen LogP contribution in [0.25, 0.3) is 0 Å². The largest absolute Gasteiger partial charge is 0.396 e. The molecule has 4 aliphatic rings. The average molecular weight is 607 g/mol. The summed E-state index contributed by atoms with van der Waals surface area (Å²) in [7, 11) is 0. The molecule has 4 nitrogen and oxygen atoms in total. The van der Waals surface area contributed by atoms with Crippen LogP contribution in [0.1, 0.15) is 112 Å². The molecule has 0 spiro atoms. The minimum Gasteiger partial charge on any atom is -0.396 e. The van der Waals surface area contributed by atoms with Gasteiger partial charge in [0.1, 0.15) is 0 Å². The minimum absolute atomic E-state index is 0.0340. The van der Waals surface area contributed by atoms with E-state index >= 15 is 0 Å². The topological polar surface area (TPSA) is 80.9 Å². The smallest absolute Gasteiger partial charge is 0.0674 e. The summed E-state index contributed by atoms with van der Waals surface area (Å²) >= 11 is 4.09. The molecule has 0 aliphatic heterocycles. The van der Waals surface area contributed by atoms with Gasteiger partial charge < -0.3 is 20.4 Å². The van der Waals surface area contributed by atoms with Crippen LogP contribution >= 0.6 is 23.5 Å². The number of fused-ring (bicyclic) bond motifs is 5. The van der Waals surface area contributed by atoms with Crippen LogP contribution in [0.5, 0.6) is 0 Å². The Hall–Kier alpha value is -0.240. The molecule has 4 rings (SSSR count). The number of hydrogen-bond acceptors (Lipinski definition) is 6. The molecule has 0 amide bonds. The van der Waals surface area contributed by atoms with Crippen molar-refractivity contribution < 1.29 is 20.4 Å². The van der Waals surface area contributed by atoms with Crippen LogP contribution in [0.15, 0.2) is 34.9 Å². The molecule has 2 saturated carbocycles. The van der Waals surface area contributed by atoms with E-state index in [1.54, 1.807) is 16.7 Å². The number of hydrogen-bond donors (Lipinski definition) is 4.